The van der Waals surface area contributed by atoms with Crippen molar-refractivity contribution >= 4 is 23.2 Å². The zero-order chi connectivity index (χ0) is 25.6. The van der Waals surface area contributed by atoms with Crippen molar-refractivity contribution in [1.82, 2.24) is 4.90 Å². The summed E-state index contributed by atoms with van der Waals surface area (Å²) in [6.45, 7) is 7.41. The number of carbonyl (C=O) groups is 2. The molecule has 3 rings (SSSR count). The molecule has 6 nitrogen and oxygen atoms in total. The first-order valence-electron chi connectivity index (χ1n) is 14.1. The first kappa shape index (κ1) is 27.8. The minimum absolute atomic E-state index is 0.0213. The molecule has 1 aliphatic rings. The quantitative estimate of drug-likeness (QED) is 0.261. The number of nitrogens with one attached hydrogen (secondary N) is 1. The number of anilines is 2. The Morgan fingerprint density at radius 2 is 1.69 bits per heavy atom. The Morgan fingerprint density at radius 1 is 0.944 bits per heavy atom. The van der Waals surface area contributed by atoms with E-state index in [2.05, 4.69) is 24.1 Å². The van der Waals surface area contributed by atoms with Gasteiger partial charge in [0.05, 0.1) is 24.1 Å². The molecule has 1 N–H and O–H groups in total. The number of hydrogen-bond donors (Lipinski definition) is 1. The van der Waals surface area contributed by atoms with Crippen molar-refractivity contribution in [3.8, 4) is 0 Å². The van der Waals surface area contributed by atoms with E-state index in [9.17, 15) is 9.59 Å². The van der Waals surface area contributed by atoms with Gasteiger partial charge in [-0.3, -0.25) is 9.59 Å². The van der Waals surface area contributed by atoms with Gasteiger partial charge >= 0.3 is 0 Å². The van der Waals surface area contributed by atoms with Crippen LogP contribution in [-0.4, -0.2) is 36.3 Å². The van der Waals surface area contributed by atoms with Gasteiger partial charge in [0.1, 0.15) is 5.76 Å². The van der Waals surface area contributed by atoms with E-state index in [-0.39, 0.29) is 11.8 Å². The molecule has 0 radical (unpaired) electrons. The van der Waals surface area contributed by atoms with Crippen LogP contribution in [0, 0.1) is 0 Å². The molecule has 198 valence electrons. The van der Waals surface area contributed by atoms with Crippen LogP contribution < -0.4 is 10.2 Å². The van der Waals surface area contributed by atoms with E-state index in [1.54, 1.807) is 6.26 Å². The zero-order valence-electron chi connectivity index (χ0n) is 22.4. The maximum absolute atomic E-state index is 13.7. The number of furan rings is 1. The first-order valence-corrected chi connectivity index (χ1v) is 14.1. The van der Waals surface area contributed by atoms with Gasteiger partial charge in [0, 0.05) is 31.7 Å². The van der Waals surface area contributed by atoms with Crippen LogP contribution in [0.1, 0.15) is 107 Å². The summed E-state index contributed by atoms with van der Waals surface area (Å²) in [5.41, 5.74) is 2.27. The van der Waals surface area contributed by atoms with Crippen LogP contribution in [0.4, 0.5) is 11.4 Å². The Kier molecular flexibility index (Phi) is 11.9. The van der Waals surface area contributed by atoms with Crippen LogP contribution in [0.25, 0.3) is 0 Å². The standard InChI is InChI=1S/C30H45N3O3/c1-3-5-7-8-9-11-16-29(34)31-25-17-18-28(27(23-25)30(35)32-20-12-10-13-21-32)33(19-6-4-2)24-26-15-14-22-36-26/h14-15,17-18,22-23H,3-13,16,19-21,24H2,1-2H3,(H,31,34). The van der Waals surface area contributed by atoms with E-state index in [4.69, 9.17) is 4.42 Å². The summed E-state index contributed by atoms with van der Waals surface area (Å²) in [6, 6.07) is 9.68. The van der Waals surface area contributed by atoms with E-state index >= 15 is 0 Å². The molecule has 1 aliphatic heterocycles. The number of rotatable bonds is 15. The van der Waals surface area contributed by atoms with Crippen molar-refractivity contribution in [1.29, 1.82) is 0 Å². The molecule has 2 aromatic rings. The van der Waals surface area contributed by atoms with Gasteiger partial charge in [-0.05, 0) is 62.4 Å². The van der Waals surface area contributed by atoms with Gasteiger partial charge in [0.15, 0.2) is 0 Å². The summed E-state index contributed by atoms with van der Waals surface area (Å²) >= 11 is 0. The third-order valence-corrected chi connectivity index (χ3v) is 6.96. The number of piperidine rings is 1. The largest absolute Gasteiger partial charge is 0.467 e. The van der Waals surface area contributed by atoms with E-state index < -0.39 is 0 Å². The fraction of sp³-hybridized carbons (Fsp3) is 0.600. The Hall–Kier alpha value is -2.76. The summed E-state index contributed by atoms with van der Waals surface area (Å²) in [5, 5.41) is 3.05. The fourth-order valence-corrected chi connectivity index (χ4v) is 4.84. The average Bonchev–Trinajstić information content (AvgIpc) is 3.42. The number of carbonyl (C=O) groups excluding carboxylic acids is 2. The molecule has 0 spiro atoms. The molecule has 0 saturated carbocycles. The van der Waals surface area contributed by atoms with Gasteiger partial charge in [-0.25, -0.2) is 0 Å². The van der Waals surface area contributed by atoms with Crippen LogP contribution in [0.2, 0.25) is 0 Å². The number of amides is 2. The molecule has 1 aromatic heterocycles. The Morgan fingerprint density at radius 3 is 2.42 bits per heavy atom. The topological polar surface area (TPSA) is 65.8 Å². The minimum atomic E-state index is 0.0213. The van der Waals surface area contributed by atoms with Crippen LogP contribution in [0.5, 0.6) is 0 Å². The lowest BCUT2D eigenvalue weighted by molar-refractivity contribution is -0.116. The summed E-state index contributed by atoms with van der Waals surface area (Å²) < 4.78 is 5.63. The maximum atomic E-state index is 13.7. The first-order chi connectivity index (χ1) is 17.6. The van der Waals surface area contributed by atoms with E-state index in [0.29, 0.717) is 24.2 Å². The molecule has 1 aromatic carbocycles. The van der Waals surface area contributed by atoms with Crippen molar-refractivity contribution in [2.24, 2.45) is 0 Å². The number of likely N-dealkylation sites (tertiary alicyclic amines) is 1. The number of nitrogens with zero attached hydrogens (tertiary/aromatic N) is 2. The van der Waals surface area contributed by atoms with E-state index in [1.807, 2.05) is 35.2 Å². The summed E-state index contributed by atoms with van der Waals surface area (Å²) in [7, 11) is 0. The normalized spacial score (nSPS) is 13.6. The predicted octanol–water partition coefficient (Wildman–Crippen LogP) is 7.40. The molecular formula is C30H45N3O3. The van der Waals surface area contributed by atoms with Crippen LogP contribution >= 0.6 is 0 Å². The molecule has 0 atom stereocenters. The van der Waals surface area contributed by atoms with Crippen molar-refractivity contribution in [3.05, 3.63) is 47.9 Å². The smallest absolute Gasteiger partial charge is 0.256 e. The molecule has 0 unspecified atom stereocenters. The van der Waals surface area contributed by atoms with Crippen LogP contribution in [0.3, 0.4) is 0 Å². The minimum Gasteiger partial charge on any atom is -0.467 e. The molecule has 1 saturated heterocycles. The van der Waals surface area contributed by atoms with E-state index in [1.165, 1.54) is 32.1 Å². The van der Waals surface area contributed by atoms with Gasteiger partial charge < -0.3 is 19.5 Å². The third-order valence-electron chi connectivity index (χ3n) is 6.96. The molecule has 1 fully saturated rings. The molecule has 0 bridgehead atoms. The lowest BCUT2D eigenvalue weighted by Gasteiger charge is -2.31. The average molecular weight is 496 g/mol. The van der Waals surface area contributed by atoms with Crippen LogP contribution in [-0.2, 0) is 11.3 Å². The van der Waals surface area contributed by atoms with Gasteiger partial charge in [0.2, 0.25) is 5.91 Å². The second-order valence-corrected chi connectivity index (χ2v) is 10.0. The highest BCUT2D eigenvalue weighted by Gasteiger charge is 2.24. The predicted molar refractivity (Wildman–Crippen MR) is 147 cm³/mol. The van der Waals surface area contributed by atoms with Gasteiger partial charge in [0.25, 0.3) is 5.91 Å². The highest BCUT2D eigenvalue weighted by atomic mass is 16.3. The van der Waals surface area contributed by atoms with Gasteiger partial charge in [-0.1, -0.05) is 52.4 Å². The highest BCUT2D eigenvalue weighted by Crippen LogP contribution is 2.29. The van der Waals surface area contributed by atoms with Crippen molar-refractivity contribution in [2.45, 2.75) is 97.4 Å². The van der Waals surface area contributed by atoms with Crippen LogP contribution in [0.15, 0.2) is 41.0 Å². The lowest BCUT2D eigenvalue weighted by Crippen LogP contribution is -2.37. The van der Waals surface area contributed by atoms with Crippen molar-refractivity contribution in [2.75, 3.05) is 29.9 Å². The number of hydrogen-bond acceptors (Lipinski definition) is 4. The molecule has 2 amide bonds. The molecule has 6 heteroatoms. The summed E-state index contributed by atoms with van der Waals surface area (Å²) in [5.74, 6) is 0.949. The SMILES string of the molecule is CCCCCCCCC(=O)Nc1ccc(N(CCCC)Cc2ccco2)c(C(=O)N2CCCCC2)c1. The van der Waals surface area contributed by atoms with Gasteiger partial charge in [-0.15, -0.1) is 0 Å². The molecule has 0 aliphatic carbocycles. The molecular weight excluding hydrogens is 450 g/mol. The molecule has 36 heavy (non-hydrogen) atoms. The Bertz CT molecular complexity index is 920. The van der Waals surface area contributed by atoms with E-state index in [0.717, 1.165) is 69.6 Å². The monoisotopic (exact) mass is 495 g/mol. The van der Waals surface area contributed by atoms with Crippen molar-refractivity contribution < 1.29 is 14.0 Å². The van der Waals surface area contributed by atoms with Crippen molar-refractivity contribution in [3.63, 3.8) is 0 Å². The molecule has 2 heterocycles. The number of benzene rings is 1. The Labute approximate surface area is 217 Å². The Balaban J connectivity index is 1.77. The number of unbranched alkanes of at least 4 members (excludes halogenated alkanes) is 6. The second-order valence-electron chi connectivity index (χ2n) is 10.0. The summed E-state index contributed by atoms with van der Waals surface area (Å²) in [6.07, 6.45) is 14.5. The maximum Gasteiger partial charge on any atom is 0.256 e. The third kappa shape index (κ3) is 8.72. The zero-order valence-corrected chi connectivity index (χ0v) is 22.4. The lowest BCUT2D eigenvalue weighted by atomic mass is 10.1. The second kappa shape index (κ2) is 15.4. The highest BCUT2D eigenvalue weighted by molar-refractivity contribution is 6.02. The fourth-order valence-electron chi connectivity index (χ4n) is 4.84. The summed E-state index contributed by atoms with van der Waals surface area (Å²) in [4.78, 5) is 30.5. The van der Waals surface area contributed by atoms with Gasteiger partial charge in [-0.2, -0.15) is 0 Å².